The number of carbonyl (C=O) groups is 1. The molecule has 0 unspecified atom stereocenters. The van der Waals surface area contributed by atoms with E-state index in [0.717, 1.165) is 0 Å². The van der Waals surface area contributed by atoms with Gasteiger partial charge in [0.1, 0.15) is 13.2 Å². The number of sulfonamides is 1. The summed E-state index contributed by atoms with van der Waals surface area (Å²) in [5, 5.41) is 0.670. The molecular weight excluding hydrogens is 552 g/mol. The monoisotopic (exact) mass is 578 g/mol. The van der Waals surface area contributed by atoms with Crippen molar-refractivity contribution in [3.63, 3.8) is 0 Å². The first-order valence-corrected chi connectivity index (χ1v) is 14.4. The van der Waals surface area contributed by atoms with E-state index in [4.69, 9.17) is 23.7 Å². The zero-order chi connectivity index (χ0) is 28.6. The summed E-state index contributed by atoms with van der Waals surface area (Å²) in [6.07, 6.45) is 0. The summed E-state index contributed by atoms with van der Waals surface area (Å²) in [7, 11) is -4.14. The van der Waals surface area contributed by atoms with Gasteiger partial charge >= 0.3 is 5.97 Å². The van der Waals surface area contributed by atoms with Crippen molar-refractivity contribution in [1.29, 1.82) is 0 Å². The molecule has 0 fully saturated rings. The summed E-state index contributed by atoms with van der Waals surface area (Å²) in [4.78, 5) is 28.0. The van der Waals surface area contributed by atoms with E-state index < -0.39 is 21.6 Å². The Bertz CT molecular complexity index is 1800. The van der Waals surface area contributed by atoms with Crippen LogP contribution in [0.3, 0.4) is 0 Å². The van der Waals surface area contributed by atoms with Crippen molar-refractivity contribution in [3.05, 3.63) is 87.7 Å². The van der Waals surface area contributed by atoms with Gasteiger partial charge in [-0.15, -0.1) is 0 Å². The Morgan fingerprint density at radius 1 is 0.878 bits per heavy atom. The summed E-state index contributed by atoms with van der Waals surface area (Å²) < 4.78 is 56.2. The number of fused-ring (bicyclic) bond motifs is 3. The maximum atomic E-state index is 14.0. The van der Waals surface area contributed by atoms with E-state index in [0.29, 0.717) is 52.7 Å². The Morgan fingerprint density at radius 2 is 1.59 bits per heavy atom. The molecule has 0 bridgehead atoms. The minimum Gasteiger partial charge on any atom is -0.486 e. The lowest BCUT2D eigenvalue weighted by molar-refractivity contribution is 0.0526. The number of nitrogens with zero attached hydrogens (tertiary/aromatic N) is 1. The van der Waals surface area contributed by atoms with Crippen LogP contribution in [0.5, 0.6) is 23.0 Å². The van der Waals surface area contributed by atoms with Gasteiger partial charge in [0.2, 0.25) is 16.8 Å². The third-order valence-corrected chi connectivity index (χ3v) is 8.54. The molecule has 1 N–H and O–H groups in total. The van der Waals surface area contributed by atoms with Crippen LogP contribution in [0.2, 0.25) is 0 Å². The van der Waals surface area contributed by atoms with E-state index in [1.165, 1.54) is 28.6 Å². The summed E-state index contributed by atoms with van der Waals surface area (Å²) >= 11 is 0. The highest BCUT2D eigenvalue weighted by molar-refractivity contribution is 7.89. The van der Waals surface area contributed by atoms with Gasteiger partial charge in [-0.25, -0.2) is 13.2 Å². The van der Waals surface area contributed by atoms with Crippen molar-refractivity contribution in [2.24, 2.45) is 0 Å². The molecule has 3 heterocycles. The van der Waals surface area contributed by atoms with E-state index in [-0.39, 0.29) is 42.5 Å². The predicted octanol–water partition coefficient (Wildman–Crippen LogP) is 3.60. The first kappa shape index (κ1) is 26.7. The van der Waals surface area contributed by atoms with Gasteiger partial charge < -0.3 is 28.7 Å². The summed E-state index contributed by atoms with van der Waals surface area (Å²) in [6.45, 7) is 2.50. The number of esters is 1. The number of aromatic amines is 1. The maximum absolute atomic E-state index is 14.0. The van der Waals surface area contributed by atoms with Gasteiger partial charge in [0.15, 0.2) is 23.0 Å². The molecule has 0 saturated heterocycles. The number of carbonyl (C=O) groups excluding carboxylic acids is 1. The van der Waals surface area contributed by atoms with Crippen molar-refractivity contribution >= 4 is 26.9 Å². The van der Waals surface area contributed by atoms with Crippen molar-refractivity contribution < 1.29 is 36.9 Å². The third-order valence-electron chi connectivity index (χ3n) is 6.73. The van der Waals surface area contributed by atoms with E-state index in [9.17, 15) is 18.0 Å². The van der Waals surface area contributed by atoms with Crippen molar-refractivity contribution in [2.45, 2.75) is 24.9 Å². The van der Waals surface area contributed by atoms with Gasteiger partial charge in [-0.3, -0.25) is 4.79 Å². The molecule has 3 aromatic carbocycles. The molecule has 0 radical (unpaired) electrons. The molecule has 6 rings (SSSR count). The number of pyridine rings is 1. The quantitative estimate of drug-likeness (QED) is 0.311. The van der Waals surface area contributed by atoms with Gasteiger partial charge in [0.05, 0.1) is 22.6 Å². The van der Waals surface area contributed by atoms with Crippen LogP contribution in [-0.2, 0) is 27.8 Å². The van der Waals surface area contributed by atoms with Crippen molar-refractivity contribution in [1.82, 2.24) is 9.29 Å². The van der Waals surface area contributed by atoms with Crippen LogP contribution in [0, 0.1) is 0 Å². The number of hydrogen-bond donors (Lipinski definition) is 1. The lowest BCUT2D eigenvalue weighted by atomic mass is 10.1. The van der Waals surface area contributed by atoms with Crippen LogP contribution >= 0.6 is 0 Å². The van der Waals surface area contributed by atoms with Crippen molar-refractivity contribution in [3.8, 4) is 23.0 Å². The molecule has 0 amide bonds. The van der Waals surface area contributed by atoms with Gasteiger partial charge in [-0.1, -0.05) is 6.07 Å². The molecule has 212 valence electrons. The normalized spacial score (nSPS) is 13.9. The smallest absolute Gasteiger partial charge is 0.338 e. The van der Waals surface area contributed by atoms with Crippen molar-refractivity contribution in [2.75, 3.05) is 26.6 Å². The molecule has 0 atom stereocenters. The van der Waals surface area contributed by atoms with Crippen LogP contribution in [-0.4, -0.2) is 50.3 Å². The van der Waals surface area contributed by atoms with Gasteiger partial charge in [-0.05, 0) is 61.0 Å². The molecular formula is C29H26N2O9S. The zero-order valence-electron chi connectivity index (χ0n) is 22.0. The molecule has 1 aromatic heterocycles. The third kappa shape index (κ3) is 5.31. The average molecular weight is 579 g/mol. The fourth-order valence-electron chi connectivity index (χ4n) is 4.69. The molecule has 41 heavy (non-hydrogen) atoms. The first-order chi connectivity index (χ1) is 19.8. The second-order valence-corrected chi connectivity index (χ2v) is 11.4. The molecule has 2 aliphatic rings. The van der Waals surface area contributed by atoms with E-state index in [2.05, 4.69) is 4.98 Å². The lowest BCUT2D eigenvalue weighted by Gasteiger charge is -2.23. The number of H-pyrrole nitrogens is 1. The van der Waals surface area contributed by atoms with E-state index in [1.54, 1.807) is 43.3 Å². The second-order valence-electron chi connectivity index (χ2n) is 9.41. The number of aromatic nitrogens is 1. The second kappa shape index (κ2) is 10.8. The average Bonchev–Trinajstić information content (AvgIpc) is 3.44. The Balaban J connectivity index is 1.37. The number of hydrogen-bond acceptors (Lipinski definition) is 9. The molecule has 2 aliphatic heterocycles. The highest BCUT2D eigenvalue weighted by atomic mass is 32.2. The molecule has 11 nitrogen and oxygen atoms in total. The fourth-order valence-corrected chi connectivity index (χ4v) is 6.10. The first-order valence-electron chi connectivity index (χ1n) is 12.9. The summed E-state index contributed by atoms with van der Waals surface area (Å²) in [6, 6.07) is 15.8. The minimum atomic E-state index is -4.14. The number of nitrogens with one attached hydrogen (secondary N) is 1. The topological polar surface area (TPSA) is 133 Å². The molecule has 0 aliphatic carbocycles. The van der Waals surface area contributed by atoms with Gasteiger partial charge in [0.25, 0.3) is 5.56 Å². The minimum absolute atomic E-state index is 0.0388. The number of rotatable bonds is 8. The number of benzene rings is 3. The summed E-state index contributed by atoms with van der Waals surface area (Å²) in [5.41, 5.74) is 1.22. The molecule has 0 saturated carbocycles. The van der Waals surface area contributed by atoms with E-state index in [1.807, 2.05) is 0 Å². The summed E-state index contributed by atoms with van der Waals surface area (Å²) in [5.74, 6) is 1.61. The van der Waals surface area contributed by atoms with E-state index >= 15 is 0 Å². The van der Waals surface area contributed by atoms with Crippen LogP contribution < -0.4 is 24.5 Å². The highest BCUT2D eigenvalue weighted by Gasteiger charge is 2.28. The van der Waals surface area contributed by atoms with Gasteiger partial charge in [-0.2, -0.15) is 4.31 Å². The maximum Gasteiger partial charge on any atom is 0.338 e. The Morgan fingerprint density at radius 3 is 2.34 bits per heavy atom. The predicted molar refractivity (Wildman–Crippen MR) is 147 cm³/mol. The highest BCUT2D eigenvalue weighted by Crippen LogP contribution is 2.35. The zero-order valence-corrected chi connectivity index (χ0v) is 22.9. The molecule has 4 aromatic rings. The van der Waals surface area contributed by atoms with Gasteiger partial charge in [0, 0.05) is 30.1 Å². The Hall–Kier alpha value is -4.55. The Kier molecular flexibility index (Phi) is 7.01. The van der Waals surface area contributed by atoms with Crippen LogP contribution in [0.15, 0.2) is 70.4 Å². The SMILES string of the molecule is CCOC(=O)c1ccc(S(=O)(=O)N(Cc2ccc3c(c2)OCO3)Cc2cc3cc4c(cc3[nH]c2=O)OCCO4)cc1. The van der Waals surface area contributed by atoms with Crippen LogP contribution in [0.4, 0.5) is 0 Å². The fraction of sp³-hybridized carbons (Fsp3) is 0.241. The van der Waals surface area contributed by atoms with Crippen LogP contribution in [0.25, 0.3) is 10.9 Å². The lowest BCUT2D eigenvalue weighted by Crippen LogP contribution is -2.32. The molecule has 12 heteroatoms. The van der Waals surface area contributed by atoms with Crippen LogP contribution in [0.1, 0.15) is 28.4 Å². The largest absolute Gasteiger partial charge is 0.486 e. The number of ether oxygens (including phenoxy) is 5. The Labute approximate surface area is 235 Å². The standard InChI is InChI=1S/C29H26N2O9S/c1-2-36-29(33)19-4-6-22(7-5-19)41(34,35)31(15-18-3-8-24-25(11-18)40-17-39-24)16-21-12-20-13-26-27(38-10-9-37-26)14-23(20)30-28(21)32/h3-8,11-14H,2,9-10,15-17H2,1H3,(H,30,32). The molecule has 0 spiro atoms.